The Kier molecular flexibility index (Phi) is 4.68. The van der Waals surface area contributed by atoms with Crippen molar-refractivity contribution in [2.75, 3.05) is 10.2 Å². The molecule has 0 aliphatic carbocycles. The summed E-state index contributed by atoms with van der Waals surface area (Å²) in [5.41, 5.74) is 2.21. The van der Waals surface area contributed by atoms with Gasteiger partial charge in [0.05, 0.1) is 30.2 Å². The Balaban J connectivity index is 1.47. The monoisotopic (exact) mass is 519 g/mol. The summed E-state index contributed by atoms with van der Waals surface area (Å²) in [7, 11) is 0. The summed E-state index contributed by atoms with van der Waals surface area (Å²) in [6, 6.07) is 13.3. The first kappa shape index (κ1) is 22.7. The van der Waals surface area contributed by atoms with Crippen LogP contribution in [0.3, 0.4) is 0 Å². The highest BCUT2D eigenvalue weighted by Crippen LogP contribution is 2.54. The third-order valence-electron chi connectivity index (χ3n) is 7.36. The molecule has 2 aliphatic heterocycles. The van der Waals surface area contributed by atoms with Gasteiger partial charge in [-0.3, -0.25) is 9.59 Å². The molecule has 3 aromatic heterocycles. The lowest BCUT2D eigenvalue weighted by atomic mass is 9.70. The summed E-state index contributed by atoms with van der Waals surface area (Å²) < 4.78 is 16.2. The van der Waals surface area contributed by atoms with Crippen LogP contribution in [0.15, 0.2) is 55.1 Å². The molecule has 1 spiro atoms. The number of halogens is 1. The second-order valence-corrected chi connectivity index (χ2v) is 9.47. The largest absolute Gasteiger partial charge is 0.340 e. The molecule has 39 heavy (non-hydrogen) atoms. The quantitative estimate of drug-likeness (QED) is 0.373. The number of nitrogens with one attached hydrogen (secondary N) is 2. The molecule has 7 rings (SSSR count). The van der Waals surface area contributed by atoms with Crippen molar-refractivity contribution < 1.29 is 14.0 Å². The number of aromatic nitrogens is 6. The Labute approximate surface area is 219 Å². The van der Waals surface area contributed by atoms with Crippen LogP contribution < -0.4 is 10.2 Å². The van der Waals surface area contributed by atoms with Gasteiger partial charge >= 0.3 is 0 Å². The fourth-order valence-electron chi connectivity index (χ4n) is 5.77. The van der Waals surface area contributed by atoms with Crippen LogP contribution >= 0.6 is 0 Å². The van der Waals surface area contributed by atoms with Crippen molar-refractivity contribution in [2.24, 2.45) is 0 Å². The van der Waals surface area contributed by atoms with Crippen LogP contribution in [0.5, 0.6) is 0 Å². The number of nitrogens with zero attached hydrogens (tertiary/aromatic N) is 7. The maximum absolute atomic E-state index is 14.8. The number of rotatable bonds is 3. The number of hydrogen-bond donors (Lipinski definition) is 2. The van der Waals surface area contributed by atoms with E-state index in [1.54, 1.807) is 31.2 Å². The number of amides is 2. The molecular weight excluding hydrogens is 501 g/mol. The number of hydrogen-bond acceptors (Lipinski definition) is 7. The second kappa shape index (κ2) is 8.03. The summed E-state index contributed by atoms with van der Waals surface area (Å²) in [6.45, 7) is 1.81. The Bertz CT molecular complexity index is 1900. The Morgan fingerprint density at radius 2 is 2.00 bits per heavy atom. The number of fused-ring (bicyclic) bond motifs is 5. The van der Waals surface area contributed by atoms with E-state index in [9.17, 15) is 19.2 Å². The average Bonchev–Trinajstić information content (AvgIpc) is 3.60. The molecule has 0 radical (unpaired) electrons. The van der Waals surface area contributed by atoms with Crippen LogP contribution in [0.25, 0.3) is 17.0 Å². The van der Waals surface area contributed by atoms with Crippen LogP contribution in [-0.4, -0.2) is 41.5 Å². The standard InChI is InChI=1S/C27H18FN9O2/c1-14-21-24(37(35-14)25-22-23(31-12-30-22)32-13-33-25)34-20(38)9-27(21)18-8-17(28)6-7-19(18)36(26(27)39)11-16-5-3-2-4-15(16)10-29/h2-8,12-13H,9,11H2,1H3,(H,34,38)(H,30,31,32,33). The highest BCUT2D eigenvalue weighted by atomic mass is 19.1. The molecule has 190 valence electrons. The molecule has 1 unspecified atom stereocenters. The van der Waals surface area contributed by atoms with Gasteiger partial charge in [-0.15, -0.1) is 0 Å². The molecule has 0 saturated carbocycles. The van der Waals surface area contributed by atoms with E-state index in [2.05, 4.69) is 36.4 Å². The van der Waals surface area contributed by atoms with E-state index < -0.39 is 23.0 Å². The van der Waals surface area contributed by atoms with Crippen LogP contribution in [0.1, 0.15) is 34.4 Å². The Morgan fingerprint density at radius 3 is 2.85 bits per heavy atom. The number of nitriles is 1. The maximum Gasteiger partial charge on any atom is 0.243 e. The van der Waals surface area contributed by atoms with E-state index in [1.807, 2.05) is 0 Å². The first-order valence-electron chi connectivity index (χ1n) is 12.1. The molecule has 0 fully saturated rings. The van der Waals surface area contributed by atoms with Crippen molar-refractivity contribution in [2.45, 2.75) is 25.3 Å². The lowest BCUT2D eigenvalue weighted by molar-refractivity contribution is -0.126. The van der Waals surface area contributed by atoms with Gasteiger partial charge in [0.25, 0.3) is 0 Å². The summed E-state index contributed by atoms with van der Waals surface area (Å²) in [5, 5.41) is 17.2. The fraction of sp³-hybridized carbons (Fsp3) is 0.148. The fourth-order valence-corrected chi connectivity index (χ4v) is 5.77. The number of aromatic amines is 1. The third kappa shape index (κ3) is 3.07. The van der Waals surface area contributed by atoms with E-state index >= 15 is 0 Å². The minimum Gasteiger partial charge on any atom is -0.340 e. The normalized spacial score (nSPS) is 17.8. The summed E-state index contributed by atoms with van der Waals surface area (Å²) >= 11 is 0. The molecule has 2 aromatic carbocycles. The molecule has 0 saturated heterocycles. The molecule has 2 N–H and O–H groups in total. The van der Waals surface area contributed by atoms with E-state index in [4.69, 9.17) is 0 Å². The van der Waals surface area contributed by atoms with Crippen molar-refractivity contribution in [1.82, 2.24) is 29.7 Å². The van der Waals surface area contributed by atoms with E-state index in [0.29, 0.717) is 50.6 Å². The molecule has 5 heterocycles. The third-order valence-corrected chi connectivity index (χ3v) is 7.36. The zero-order chi connectivity index (χ0) is 26.9. The zero-order valence-corrected chi connectivity index (χ0v) is 20.4. The summed E-state index contributed by atoms with van der Waals surface area (Å²) in [4.78, 5) is 45.0. The van der Waals surface area contributed by atoms with Crippen molar-refractivity contribution in [3.05, 3.63) is 88.9 Å². The second-order valence-electron chi connectivity index (χ2n) is 9.47. The minimum atomic E-state index is -1.53. The predicted molar refractivity (Wildman–Crippen MR) is 136 cm³/mol. The Morgan fingerprint density at radius 1 is 1.15 bits per heavy atom. The number of carbonyl (C=O) groups excluding carboxylic acids is 2. The van der Waals surface area contributed by atoms with E-state index in [1.165, 1.54) is 40.4 Å². The van der Waals surface area contributed by atoms with Crippen molar-refractivity contribution in [3.8, 4) is 11.9 Å². The molecule has 2 aliphatic rings. The van der Waals surface area contributed by atoms with Gasteiger partial charge in [0.2, 0.25) is 11.8 Å². The number of aryl methyl sites for hydroxylation is 1. The predicted octanol–water partition coefficient (Wildman–Crippen LogP) is 3.03. The smallest absolute Gasteiger partial charge is 0.243 e. The number of imidazole rings is 1. The number of benzene rings is 2. The summed E-state index contributed by atoms with van der Waals surface area (Å²) in [5.74, 6) is -0.761. The van der Waals surface area contributed by atoms with Gasteiger partial charge in [0.1, 0.15) is 28.9 Å². The number of H-pyrrole nitrogens is 1. The molecule has 12 heteroatoms. The molecule has 1 atom stereocenters. The van der Waals surface area contributed by atoms with Crippen LogP contribution in [0.2, 0.25) is 0 Å². The molecule has 0 bridgehead atoms. The van der Waals surface area contributed by atoms with Crippen LogP contribution in [0, 0.1) is 24.1 Å². The van der Waals surface area contributed by atoms with Crippen molar-refractivity contribution in [3.63, 3.8) is 0 Å². The molecule has 2 amide bonds. The minimum absolute atomic E-state index is 0.0771. The maximum atomic E-state index is 14.8. The number of carbonyl (C=O) groups is 2. The van der Waals surface area contributed by atoms with Gasteiger partial charge in [-0.05, 0) is 42.3 Å². The first-order chi connectivity index (χ1) is 18.9. The van der Waals surface area contributed by atoms with Crippen LogP contribution in [0.4, 0.5) is 15.9 Å². The highest BCUT2D eigenvalue weighted by Gasteiger charge is 2.58. The SMILES string of the molecule is Cc1nn(-c2ncnc3nc[nH]c23)c2c1C1(CC(=O)N2)C(=O)N(Cc2ccccc2C#N)c2ccc(F)cc21. The lowest BCUT2D eigenvalue weighted by Crippen LogP contribution is -2.46. The lowest BCUT2D eigenvalue weighted by Gasteiger charge is -2.33. The van der Waals surface area contributed by atoms with E-state index in [-0.39, 0.29) is 18.8 Å². The van der Waals surface area contributed by atoms with Crippen LogP contribution in [-0.2, 0) is 21.5 Å². The Hall–Kier alpha value is -5.44. The van der Waals surface area contributed by atoms with Gasteiger partial charge in [0, 0.05) is 17.7 Å². The number of anilines is 2. The topological polar surface area (TPSA) is 145 Å². The first-order valence-corrected chi connectivity index (χ1v) is 12.1. The van der Waals surface area contributed by atoms with E-state index in [0.717, 1.165) is 0 Å². The molecular formula is C27H18FN9O2. The van der Waals surface area contributed by atoms with Gasteiger partial charge < -0.3 is 15.2 Å². The molecule has 5 aromatic rings. The molecule has 11 nitrogen and oxygen atoms in total. The van der Waals surface area contributed by atoms with Gasteiger partial charge in [-0.1, -0.05) is 18.2 Å². The van der Waals surface area contributed by atoms with Crippen molar-refractivity contribution in [1.29, 1.82) is 5.26 Å². The van der Waals surface area contributed by atoms with Gasteiger partial charge in [-0.25, -0.2) is 19.3 Å². The van der Waals surface area contributed by atoms with Crippen molar-refractivity contribution >= 4 is 34.5 Å². The zero-order valence-electron chi connectivity index (χ0n) is 20.4. The van der Waals surface area contributed by atoms with Gasteiger partial charge in [0.15, 0.2) is 11.5 Å². The van der Waals surface area contributed by atoms with Gasteiger partial charge in [-0.2, -0.15) is 15.0 Å². The average molecular weight is 520 g/mol. The highest BCUT2D eigenvalue weighted by molar-refractivity contribution is 6.16. The summed E-state index contributed by atoms with van der Waals surface area (Å²) in [6.07, 6.45) is 2.58.